The number of halogens is 2. The van der Waals surface area contributed by atoms with Crippen LogP contribution in [0, 0.1) is 6.92 Å². The summed E-state index contributed by atoms with van der Waals surface area (Å²) in [5.74, 6) is -0.848. The summed E-state index contributed by atoms with van der Waals surface area (Å²) in [7, 11) is -3.85. The number of anilines is 1. The van der Waals surface area contributed by atoms with Crippen molar-refractivity contribution in [3.63, 3.8) is 0 Å². The van der Waals surface area contributed by atoms with Gasteiger partial charge in [-0.05, 0) is 60.9 Å². The zero-order valence-electron chi connectivity index (χ0n) is 21.5. The van der Waals surface area contributed by atoms with Gasteiger partial charge in [0.15, 0.2) is 0 Å². The maximum Gasteiger partial charge on any atom is 0.244 e. The fourth-order valence-corrected chi connectivity index (χ4v) is 5.39. The predicted octanol–water partition coefficient (Wildman–Crippen LogP) is 4.84. The fraction of sp³-hybridized carbons (Fsp3) is 0.286. The van der Waals surface area contributed by atoms with E-state index in [2.05, 4.69) is 5.32 Å². The molecule has 1 atom stereocenters. The largest absolute Gasteiger partial charge is 0.355 e. The number of likely N-dealkylation sites (N-methyl/N-ethyl adjacent to an activating group) is 1. The van der Waals surface area contributed by atoms with Crippen LogP contribution in [0.4, 0.5) is 5.69 Å². The van der Waals surface area contributed by atoms with Crippen molar-refractivity contribution in [2.24, 2.45) is 0 Å². The molecule has 0 unspecified atom stereocenters. The molecule has 0 aliphatic rings. The normalized spacial score (nSPS) is 12.0. The highest BCUT2D eigenvalue weighted by molar-refractivity contribution is 7.92. The molecule has 202 valence electrons. The third-order valence-electron chi connectivity index (χ3n) is 6.00. The van der Waals surface area contributed by atoms with Gasteiger partial charge in [0.2, 0.25) is 21.8 Å². The summed E-state index contributed by atoms with van der Waals surface area (Å²) >= 11 is 12.1. The molecular weight excluding hydrogens is 545 g/mol. The van der Waals surface area contributed by atoms with Crippen molar-refractivity contribution >= 4 is 50.7 Å². The lowest BCUT2D eigenvalue weighted by Crippen LogP contribution is -2.53. The Balaban J connectivity index is 2.05. The summed E-state index contributed by atoms with van der Waals surface area (Å²) < 4.78 is 26.7. The number of rotatable bonds is 11. The van der Waals surface area contributed by atoms with Gasteiger partial charge in [0.1, 0.15) is 12.6 Å². The summed E-state index contributed by atoms with van der Waals surface area (Å²) in [6.07, 6.45) is 1.30. The number of nitrogens with one attached hydrogen (secondary N) is 1. The van der Waals surface area contributed by atoms with Crippen LogP contribution < -0.4 is 9.62 Å². The molecule has 38 heavy (non-hydrogen) atoms. The van der Waals surface area contributed by atoms with Gasteiger partial charge >= 0.3 is 0 Å². The van der Waals surface area contributed by atoms with Gasteiger partial charge in [-0.2, -0.15) is 0 Å². The van der Waals surface area contributed by atoms with E-state index in [0.717, 1.165) is 21.7 Å². The van der Waals surface area contributed by atoms with Crippen LogP contribution in [0.3, 0.4) is 0 Å². The highest BCUT2D eigenvalue weighted by Gasteiger charge is 2.33. The molecule has 3 aromatic carbocycles. The fourth-order valence-electron chi connectivity index (χ4n) is 4.13. The predicted molar refractivity (Wildman–Crippen MR) is 153 cm³/mol. The Morgan fingerprint density at radius 2 is 1.55 bits per heavy atom. The van der Waals surface area contributed by atoms with Crippen molar-refractivity contribution in [1.29, 1.82) is 0 Å². The Morgan fingerprint density at radius 1 is 0.921 bits per heavy atom. The Kier molecular flexibility index (Phi) is 10.2. The van der Waals surface area contributed by atoms with Crippen LogP contribution in [-0.4, -0.2) is 50.5 Å². The molecule has 0 aromatic heterocycles. The minimum Gasteiger partial charge on any atom is -0.355 e. The first-order valence-corrected chi connectivity index (χ1v) is 14.7. The molecule has 3 rings (SSSR count). The SMILES string of the molecule is CCNC(=O)[C@H](Cc1ccccc1)N(Cc1ccc(Cl)cc1)C(=O)CN(c1ccc(Cl)cc1C)S(C)(=O)=O. The first kappa shape index (κ1) is 29.5. The quantitative estimate of drug-likeness (QED) is 0.354. The topological polar surface area (TPSA) is 86.8 Å². The van der Waals surface area contributed by atoms with Gasteiger partial charge in [-0.3, -0.25) is 13.9 Å². The molecule has 0 fully saturated rings. The Labute approximate surface area is 234 Å². The molecule has 0 heterocycles. The van der Waals surface area contributed by atoms with Gasteiger partial charge < -0.3 is 10.2 Å². The molecule has 0 radical (unpaired) electrons. The Bertz CT molecular complexity index is 1370. The molecule has 0 aliphatic carbocycles. The average molecular weight is 577 g/mol. The molecule has 0 bridgehead atoms. The summed E-state index contributed by atoms with van der Waals surface area (Å²) in [4.78, 5) is 28.7. The van der Waals surface area contributed by atoms with Crippen LogP contribution in [0.2, 0.25) is 10.0 Å². The van der Waals surface area contributed by atoms with E-state index in [1.165, 1.54) is 4.90 Å². The molecule has 7 nitrogen and oxygen atoms in total. The lowest BCUT2D eigenvalue weighted by Gasteiger charge is -2.33. The van der Waals surface area contributed by atoms with Crippen LogP contribution in [0.5, 0.6) is 0 Å². The number of sulfonamides is 1. The first-order valence-electron chi connectivity index (χ1n) is 12.1. The van der Waals surface area contributed by atoms with Crippen molar-refractivity contribution < 1.29 is 18.0 Å². The molecular formula is C28H31Cl2N3O4S. The smallest absolute Gasteiger partial charge is 0.244 e. The lowest BCUT2D eigenvalue weighted by atomic mass is 10.0. The first-order chi connectivity index (χ1) is 18.0. The van der Waals surface area contributed by atoms with E-state index in [4.69, 9.17) is 23.2 Å². The van der Waals surface area contributed by atoms with Crippen molar-refractivity contribution in [1.82, 2.24) is 10.2 Å². The van der Waals surface area contributed by atoms with E-state index < -0.39 is 28.5 Å². The number of carbonyl (C=O) groups is 2. The summed E-state index contributed by atoms with van der Waals surface area (Å²) in [6, 6.07) is 20.2. The molecule has 1 N–H and O–H groups in total. The van der Waals surface area contributed by atoms with Crippen LogP contribution >= 0.6 is 23.2 Å². The highest BCUT2D eigenvalue weighted by Crippen LogP contribution is 2.26. The lowest BCUT2D eigenvalue weighted by molar-refractivity contribution is -0.140. The molecule has 0 aliphatic heterocycles. The van der Waals surface area contributed by atoms with Crippen LogP contribution in [0.25, 0.3) is 0 Å². The van der Waals surface area contributed by atoms with Gasteiger partial charge in [-0.25, -0.2) is 8.42 Å². The van der Waals surface area contributed by atoms with Crippen LogP contribution in [0.15, 0.2) is 72.8 Å². The maximum absolute atomic E-state index is 14.0. The molecule has 0 saturated heterocycles. The standard InChI is InChI=1S/C28H31Cl2N3O4S/c1-4-31-28(35)26(17-21-8-6-5-7-9-21)32(18-22-10-12-23(29)13-11-22)27(34)19-33(38(3,36)37)25-15-14-24(30)16-20(25)2/h5-16,26H,4,17-19H2,1-3H3,(H,31,35)/t26-/m0/s1. The zero-order chi connectivity index (χ0) is 27.9. The molecule has 0 spiro atoms. The van der Waals surface area contributed by atoms with Gasteiger partial charge in [0.05, 0.1) is 11.9 Å². The van der Waals surface area contributed by atoms with Crippen molar-refractivity contribution in [2.75, 3.05) is 23.7 Å². The highest BCUT2D eigenvalue weighted by atomic mass is 35.5. The van der Waals surface area contributed by atoms with Gasteiger partial charge in [-0.15, -0.1) is 0 Å². The van der Waals surface area contributed by atoms with Crippen molar-refractivity contribution in [2.45, 2.75) is 32.9 Å². The van der Waals surface area contributed by atoms with E-state index in [-0.39, 0.29) is 18.9 Å². The Morgan fingerprint density at radius 3 is 2.13 bits per heavy atom. The molecule has 2 amide bonds. The van der Waals surface area contributed by atoms with Crippen molar-refractivity contribution in [3.05, 3.63) is 99.5 Å². The van der Waals surface area contributed by atoms with Crippen LogP contribution in [-0.2, 0) is 32.6 Å². The Hall–Kier alpha value is -3.07. The number of nitrogens with zero attached hydrogens (tertiary/aromatic N) is 2. The number of benzene rings is 3. The maximum atomic E-state index is 14.0. The van der Waals surface area contributed by atoms with E-state index in [1.54, 1.807) is 56.3 Å². The summed E-state index contributed by atoms with van der Waals surface area (Å²) in [6.45, 7) is 3.51. The molecule has 3 aromatic rings. The number of hydrogen-bond acceptors (Lipinski definition) is 4. The van der Waals surface area contributed by atoms with Gasteiger partial charge in [0.25, 0.3) is 0 Å². The third-order valence-corrected chi connectivity index (χ3v) is 7.61. The van der Waals surface area contributed by atoms with E-state index in [1.807, 2.05) is 30.3 Å². The zero-order valence-corrected chi connectivity index (χ0v) is 23.9. The van der Waals surface area contributed by atoms with E-state index in [9.17, 15) is 18.0 Å². The second kappa shape index (κ2) is 13.1. The summed E-state index contributed by atoms with van der Waals surface area (Å²) in [5.41, 5.74) is 2.56. The number of hydrogen-bond donors (Lipinski definition) is 1. The van der Waals surface area contributed by atoms with Gasteiger partial charge in [-0.1, -0.05) is 65.7 Å². The minimum absolute atomic E-state index is 0.0852. The van der Waals surface area contributed by atoms with Crippen LogP contribution in [0.1, 0.15) is 23.6 Å². The van der Waals surface area contributed by atoms with Gasteiger partial charge in [0, 0.05) is 29.6 Å². The summed E-state index contributed by atoms with van der Waals surface area (Å²) in [5, 5.41) is 3.82. The monoisotopic (exact) mass is 575 g/mol. The number of amides is 2. The second-order valence-electron chi connectivity index (χ2n) is 8.95. The van der Waals surface area contributed by atoms with E-state index >= 15 is 0 Å². The third kappa shape index (κ3) is 7.96. The number of carbonyl (C=O) groups excluding carboxylic acids is 2. The second-order valence-corrected chi connectivity index (χ2v) is 11.7. The number of aryl methyl sites for hydroxylation is 1. The molecule has 0 saturated carbocycles. The molecule has 10 heteroatoms. The average Bonchev–Trinajstić information content (AvgIpc) is 2.86. The van der Waals surface area contributed by atoms with Crippen molar-refractivity contribution in [3.8, 4) is 0 Å². The van der Waals surface area contributed by atoms with E-state index in [0.29, 0.717) is 27.8 Å². The minimum atomic E-state index is -3.85.